The average molecular weight is 277 g/mol. The minimum absolute atomic E-state index is 0.0159. The van der Waals surface area contributed by atoms with Gasteiger partial charge in [-0.05, 0) is 43.9 Å². The van der Waals surface area contributed by atoms with Crippen LogP contribution in [0.3, 0.4) is 0 Å². The number of esters is 1. The smallest absolute Gasteiger partial charge is 0.308 e. The Labute approximate surface area is 120 Å². The van der Waals surface area contributed by atoms with Crippen LogP contribution in [0.25, 0.3) is 0 Å². The molecule has 4 nitrogen and oxygen atoms in total. The molecule has 1 saturated carbocycles. The van der Waals surface area contributed by atoms with Crippen LogP contribution in [0.5, 0.6) is 0 Å². The zero-order chi connectivity index (χ0) is 14.4. The molecule has 2 N–H and O–H groups in total. The van der Waals surface area contributed by atoms with Crippen molar-refractivity contribution in [3.05, 3.63) is 29.8 Å². The first-order chi connectivity index (χ1) is 9.72. The van der Waals surface area contributed by atoms with E-state index in [0.29, 0.717) is 12.6 Å². The van der Waals surface area contributed by atoms with Gasteiger partial charge in [-0.2, -0.15) is 0 Å². The lowest BCUT2D eigenvalue weighted by atomic mass is 9.85. The Hall–Kier alpha value is -1.55. The van der Waals surface area contributed by atoms with Gasteiger partial charge >= 0.3 is 5.97 Å². The molecule has 0 radical (unpaired) electrons. The van der Waals surface area contributed by atoms with Crippen LogP contribution >= 0.6 is 0 Å². The minimum atomic E-state index is -0.0666. The summed E-state index contributed by atoms with van der Waals surface area (Å²) in [6, 6.07) is 8.07. The van der Waals surface area contributed by atoms with Crippen molar-refractivity contribution in [2.75, 3.05) is 11.9 Å². The third-order valence-electron chi connectivity index (χ3n) is 3.77. The van der Waals surface area contributed by atoms with E-state index < -0.39 is 0 Å². The van der Waals surface area contributed by atoms with E-state index in [1.165, 1.54) is 0 Å². The van der Waals surface area contributed by atoms with Crippen LogP contribution in [-0.4, -0.2) is 23.7 Å². The summed E-state index contributed by atoms with van der Waals surface area (Å²) in [5.74, 6) is -0.0506. The number of benzene rings is 1. The fourth-order valence-electron chi connectivity index (χ4n) is 2.79. The van der Waals surface area contributed by atoms with Gasteiger partial charge in [0.05, 0.1) is 19.1 Å². The number of ether oxygens (including phenoxy) is 1. The Morgan fingerprint density at radius 1 is 1.45 bits per heavy atom. The van der Waals surface area contributed by atoms with E-state index in [2.05, 4.69) is 5.32 Å². The fourth-order valence-corrected chi connectivity index (χ4v) is 2.79. The van der Waals surface area contributed by atoms with Gasteiger partial charge in [0.15, 0.2) is 0 Å². The predicted octanol–water partition coefficient (Wildman–Crippen LogP) is 2.71. The number of rotatable bonds is 5. The highest BCUT2D eigenvalue weighted by Gasteiger charge is 2.28. The Balaban J connectivity index is 1.93. The summed E-state index contributed by atoms with van der Waals surface area (Å²) in [6.07, 6.45) is 3.86. The summed E-state index contributed by atoms with van der Waals surface area (Å²) in [6.45, 7) is 2.34. The second-order valence-electron chi connectivity index (χ2n) is 5.32. The standard InChI is InChI=1S/C16H23NO3/c1-2-20-16(19)13-6-4-8-15(10-13)17-14-7-3-5-12(9-14)11-18/h3,5,7,9,13,15,17-18H,2,4,6,8,10-11H2,1H3. The van der Waals surface area contributed by atoms with Gasteiger partial charge in [-0.1, -0.05) is 18.6 Å². The maximum atomic E-state index is 11.8. The normalized spacial score (nSPS) is 22.3. The van der Waals surface area contributed by atoms with Crippen LogP contribution < -0.4 is 5.32 Å². The molecule has 0 heterocycles. The molecule has 2 rings (SSSR count). The summed E-state index contributed by atoms with van der Waals surface area (Å²) < 4.78 is 5.12. The monoisotopic (exact) mass is 277 g/mol. The largest absolute Gasteiger partial charge is 0.466 e. The van der Waals surface area contributed by atoms with Crippen LogP contribution in [0.15, 0.2) is 24.3 Å². The highest BCUT2D eigenvalue weighted by Crippen LogP contribution is 2.28. The van der Waals surface area contributed by atoms with E-state index in [4.69, 9.17) is 9.84 Å². The highest BCUT2D eigenvalue weighted by atomic mass is 16.5. The van der Waals surface area contributed by atoms with Gasteiger partial charge < -0.3 is 15.2 Å². The molecule has 2 unspecified atom stereocenters. The summed E-state index contributed by atoms with van der Waals surface area (Å²) >= 11 is 0. The number of carbonyl (C=O) groups is 1. The topological polar surface area (TPSA) is 58.6 Å². The molecule has 0 aromatic heterocycles. The lowest BCUT2D eigenvalue weighted by Crippen LogP contribution is -2.32. The number of nitrogens with one attached hydrogen (secondary N) is 1. The van der Waals surface area contributed by atoms with E-state index in [-0.39, 0.29) is 18.5 Å². The van der Waals surface area contributed by atoms with Crippen LogP contribution in [0.4, 0.5) is 5.69 Å². The van der Waals surface area contributed by atoms with E-state index >= 15 is 0 Å². The van der Waals surface area contributed by atoms with Crippen molar-refractivity contribution in [1.29, 1.82) is 0 Å². The molecule has 20 heavy (non-hydrogen) atoms. The van der Waals surface area contributed by atoms with Gasteiger partial charge in [0.2, 0.25) is 0 Å². The third kappa shape index (κ3) is 3.97. The van der Waals surface area contributed by atoms with Crippen molar-refractivity contribution in [2.24, 2.45) is 5.92 Å². The number of hydrogen-bond acceptors (Lipinski definition) is 4. The molecule has 110 valence electrons. The molecule has 1 aliphatic carbocycles. The first kappa shape index (κ1) is 14.9. The number of carbonyl (C=O) groups excluding carboxylic acids is 1. The van der Waals surface area contributed by atoms with Gasteiger partial charge in [0.25, 0.3) is 0 Å². The second-order valence-corrected chi connectivity index (χ2v) is 5.32. The zero-order valence-corrected chi connectivity index (χ0v) is 12.0. The number of aliphatic hydroxyl groups excluding tert-OH is 1. The first-order valence-electron chi connectivity index (χ1n) is 7.36. The minimum Gasteiger partial charge on any atom is -0.466 e. The number of hydrogen-bond donors (Lipinski definition) is 2. The lowest BCUT2D eigenvalue weighted by molar-refractivity contribution is -0.149. The van der Waals surface area contributed by atoms with Crippen LogP contribution in [0, 0.1) is 5.92 Å². The van der Waals surface area contributed by atoms with Crippen molar-refractivity contribution in [3.8, 4) is 0 Å². The van der Waals surface area contributed by atoms with Crippen molar-refractivity contribution < 1.29 is 14.6 Å². The Bertz CT molecular complexity index is 447. The summed E-state index contributed by atoms with van der Waals surface area (Å²) in [7, 11) is 0. The molecule has 0 spiro atoms. The molecule has 1 aromatic carbocycles. The average Bonchev–Trinajstić information content (AvgIpc) is 2.48. The van der Waals surface area contributed by atoms with Crippen molar-refractivity contribution >= 4 is 11.7 Å². The molecular weight excluding hydrogens is 254 g/mol. The van der Waals surface area contributed by atoms with E-state index in [9.17, 15) is 4.79 Å². The van der Waals surface area contributed by atoms with Gasteiger partial charge in [-0.3, -0.25) is 4.79 Å². The van der Waals surface area contributed by atoms with Crippen molar-refractivity contribution in [1.82, 2.24) is 0 Å². The molecule has 1 aliphatic rings. The predicted molar refractivity (Wildman–Crippen MR) is 78.4 cm³/mol. The molecule has 2 atom stereocenters. The Morgan fingerprint density at radius 2 is 2.30 bits per heavy atom. The van der Waals surface area contributed by atoms with Crippen LogP contribution in [-0.2, 0) is 16.1 Å². The van der Waals surface area contributed by atoms with E-state index in [1.807, 2.05) is 31.2 Å². The SMILES string of the molecule is CCOC(=O)C1CCCC(Nc2cccc(CO)c2)C1. The molecule has 0 aliphatic heterocycles. The molecule has 0 amide bonds. The first-order valence-corrected chi connectivity index (χ1v) is 7.36. The van der Waals surface area contributed by atoms with E-state index in [1.54, 1.807) is 0 Å². The third-order valence-corrected chi connectivity index (χ3v) is 3.77. The number of aliphatic hydroxyl groups is 1. The van der Waals surface area contributed by atoms with Gasteiger partial charge in [-0.15, -0.1) is 0 Å². The van der Waals surface area contributed by atoms with Crippen LogP contribution in [0.2, 0.25) is 0 Å². The molecule has 0 bridgehead atoms. The maximum absolute atomic E-state index is 11.8. The summed E-state index contributed by atoms with van der Waals surface area (Å²) in [5, 5.41) is 12.6. The summed E-state index contributed by atoms with van der Waals surface area (Å²) in [4.78, 5) is 11.8. The quantitative estimate of drug-likeness (QED) is 0.812. The molecule has 0 saturated heterocycles. The zero-order valence-electron chi connectivity index (χ0n) is 12.0. The molecule has 1 aromatic rings. The van der Waals surface area contributed by atoms with Crippen molar-refractivity contribution in [2.45, 2.75) is 45.3 Å². The summed E-state index contributed by atoms with van der Waals surface area (Å²) in [5.41, 5.74) is 1.90. The van der Waals surface area contributed by atoms with Gasteiger partial charge in [0, 0.05) is 11.7 Å². The van der Waals surface area contributed by atoms with E-state index in [0.717, 1.165) is 36.9 Å². The van der Waals surface area contributed by atoms with Gasteiger partial charge in [0.1, 0.15) is 0 Å². The van der Waals surface area contributed by atoms with Gasteiger partial charge in [-0.25, -0.2) is 0 Å². The molecule has 1 fully saturated rings. The van der Waals surface area contributed by atoms with Crippen LogP contribution in [0.1, 0.15) is 38.2 Å². The second kappa shape index (κ2) is 7.29. The highest BCUT2D eigenvalue weighted by molar-refractivity contribution is 5.72. The Kier molecular flexibility index (Phi) is 5.41. The molecular formula is C16H23NO3. The lowest BCUT2D eigenvalue weighted by Gasteiger charge is -2.29. The number of anilines is 1. The maximum Gasteiger partial charge on any atom is 0.308 e. The molecule has 4 heteroatoms. The Morgan fingerprint density at radius 3 is 3.05 bits per heavy atom. The van der Waals surface area contributed by atoms with Crippen molar-refractivity contribution in [3.63, 3.8) is 0 Å². The fraction of sp³-hybridized carbons (Fsp3) is 0.562.